The second-order valence-corrected chi connectivity index (χ2v) is 7.66. The van der Waals surface area contributed by atoms with Gasteiger partial charge in [-0.05, 0) is 31.4 Å². The third-order valence-corrected chi connectivity index (χ3v) is 5.75. The number of hydrogen-bond donors (Lipinski definition) is 1. The van der Waals surface area contributed by atoms with Gasteiger partial charge in [0.25, 0.3) is 0 Å². The molecule has 1 aromatic carbocycles. The average Bonchev–Trinajstić information content (AvgIpc) is 3.28. The molecule has 1 N–H and O–H groups in total. The van der Waals surface area contributed by atoms with Crippen molar-refractivity contribution in [2.75, 3.05) is 5.75 Å². The Kier molecular flexibility index (Phi) is 6.22. The standard InChI is InChI=1S/C18H18F2N4OS2/c1-3-24-17(15-5-4-8-26-15)22-23-18(24)27-10-16(25)21-11(2)13-7-6-12(19)9-14(13)20/h4-9,11H,3,10H2,1-2H3,(H,21,25). The molecule has 9 heteroatoms. The number of hydrogen-bond acceptors (Lipinski definition) is 5. The molecule has 0 aliphatic heterocycles. The first-order chi connectivity index (χ1) is 13.0. The van der Waals surface area contributed by atoms with E-state index >= 15 is 0 Å². The molecule has 1 unspecified atom stereocenters. The van der Waals surface area contributed by atoms with E-state index in [2.05, 4.69) is 15.5 Å². The van der Waals surface area contributed by atoms with Gasteiger partial charge in [-0.1, -0.05) is 23.9 Å². The van der Waals surface area contributed by atoms with Gasteiger partial charge in [0.05, 0.1) is 16.7 Å². The van der Waals surface area contributed by atoms with Crippen LogP contribution in [0.15, 0.2) is 40.9 Å². The fourth-order valence-corrected chi connectivity index (χ4v) is 4.14. The van der Waals surface area contributed by atoms with Crippen molar-refractivity contribution in [3.8, 4) is 10.7 Å². The number of amides is 1. The van der Waals surface area contributed by atoms with Gasteiger partial charge in [0.1, 0.15) is 11.6 Å². The number of benzene rings is 1. The summed E-state index contributed by atoms with van der Waals surface area (Å²) in [4.78, 5) is 13.2. The Hall–Kier alpha value is -2.26. The highest BCUT2D eigenvalue weighted by molar-refractivity contribution is 7.99. The number of aromatic nitrogens is 3. The Balaban J connectivity index is 1.62. The Bertz CT molecular complexity index is 928. The third-order valence-electron chi connectivity index (χ3n) is 3.91. The Morgan fingerprint density at radius 2 is 2.15 bits per heavy atom. The lowest BCUT2D eigenvalue weighted by Crippen LogP contribution is -2.28. The Labute approximate surface area is 163 Å². The van der Waals surface area contributed by atoms with Gasteiger partial charge in [0.2, 0.25) is 5.91 Å². The smallest absolute Gasteiger partial charge is 0.230 e. The number of thiophene rings is 1. The highest BCUT2D eigenvalue weighted by Crippen LogP contribution is 2.27. The Morgan fingerprint density at radius 3 is 2.81 bits per heavy atom. The molecule has 0 fully saturated rings. The number of carbonyl (C=O) groups excluding carboxylic acids is 1. The summed E-state index contributed by atoms with van der Waals surface area (Å²) in [6, 6.07) is 6.67. The predicted octanol–water partition coefficient (Wildman–Crippen LogP) is 4.27. The maximum absolute atomic E-state index is 13.8. The zero-order valence-electron chi connectivity index (χ0n) is 14.8. The zero-order chi connectivity index (χ0) is 19.4. The number of carbonyl (C=O) groups is 1. The third kappa shape index (κ3) is 4.54. The van der Waals surface area contributed by atoms with Gasteiger partial charge in [-0.15, -0.1) is 21.5 Å². The van der Waals surface area contributed by atoms with Gasteiger partial charge in [0.15, 0.2) is 11.0 Å². The summed E-state index contributed by atoms with van der Waals surface area (Å²) in [5.41, 5.74) is 0.242. The van der Waals surface area contributed by atoms with E-state index in [0.717, 1.165) is 16.8 Å². The van der Waals surface area contributed by atoms with Crippen molar-refractivity contribution in [2.24, 2.45) is 0 Å². The zero-order valence-corrected chi connectivity index (χ0v) is 16.4. The van der Waals surface area contributed by atoms with E-state index in [1.54, 1.807) is 18.3 Å². The summed E-state index contributed by atoms with van der Waals surface area (Å²) in [6.07, 6.45) is 0. The lowest BCUT2D eigenvalue weighted by atomic mass is 10.1. The number of rotatable bonds is 7. The van der Waals surface area contributed by atoms with Crippen LogP contribution < -0.4 is 5.32 Å². The molecule has 27 heavy (non-hydrogen) atoms. The largest absolute Gasteiger partial charge is 0.349 e. The first kappa shape index (κ1) is 19.5. The number of nitrogens with one attached hydrogen (secondary N) is 1. The van der Waals surface area contributed by atoms with Crippen LogP contribution >= 0.6 is 23.1 Å². The molecule has 2 aromatic heterocycles. The molecular weight excluding hydrogens is 390 g/mol. The molecule has 0 spiro atoms. The topological polar surface area (TPSA) is 59.8 Å². The van der Waals surface area contributed by atoms with Crippen LogP contribution in [-0.4, -0.2) is 26.4 Å². The minimum Gasteiger partial charge on any atom is -0.349 e. The lowest BCUT2D eigenvalue weighted by molar-refractivity contribution is -0.119. The highest BCUT2D eigenvalue weighted by Gasteiger charge is 2.17. The van der Waals surface area contributed by atoms with Gasteiger partial charge in [-0.25, -0.2) is 8.78 Å². The summed E-state index contributed by atoms with van der Waals surface area (Å²) >= 11 is 2.85. The minimum atomic E-state index is -0.679. The van der Waals surface area contributed by atoms with E-state index in [-0.39, 0.29) is 17.2 Å². The lowest BCUT2D eigenvalue weighted by Gasteiger charge is -2.15. The van der Waals surface area contributed by atoms with Crippen LogP contribution in [0.2, 0.25) is 0 Å². The minimum absolute atomic E-state index is 0.121. The number of halogens is 2. The molecular formula is C18H18F2N4OS2. The van der Waals surface area contributed by atoms with Crippen LogP contribution in [0.1, 0.15) is 25.5 Å². The Morgan fingerprint density at radius 1 is 1.33 bits per heavy atom. The molecule has 0 saturated carbocycles. The number of nitrogens with zero attached hydrogens (tertiary/aromatic N) is 3. The monoisotopic (exact) mass is 408 g/mol. The van der Waals surface area contributed by atoms with Crippen LogP contribution in [-0.2, 0) is 11.3 Å². The van der Waals surface area contributed by atoms with Crippen LogP contribution in [0.25, 0.3) is 10.7 Å². The highest BCUT2D eigenvalue weighted by atomic mass is 32.2. The molecule has 0 bridgehead atoms. The van der Waals surface area contributed by atoms with E-state index < -0.39 is 17.7 Å². The number of thioether (sulfide) groups is 1. The van der Waals surface area contributed by atoms with Gasteiger partial charge in [-0.2, -0.15) is 0 Å². The summed E-state index contributed by atoms with van der Waals surface area (Å²) in [6.45, 7) is 4.33. The fourth-order valence-electron chi connectivity index (χ4n) is 2.61. The van der Waals surface area contributed by atoms with E-state index in [9.17, 15) is 13.6 Å². The first-order valence-electron chi connectivity index (χ1n) is 8.33. The van der Waals surface area contributed by atoms with Crippen molar-refractivity contribution in [3.63, 3.8) is 0 Å². The molecule has 142 valence electrons. The van der Waals surface area contributed by atoms with Crippen molar-refractivity contribution in [2.45, 2.75) is 31.6 Å². The maximum atomic E-state index is 13.8. The summed E-state index contributed by atoms with van der Waals surface area (Å²) in [5.74, 6) is -0.695. The van der Waals surface area contributed by atoms with Crippen molar-refractivity contribution in [1.82, 2.24) is 20.1 Å². The van der Waals surface area contributed by atoms with Gasteiger partial charge >= 0.3 is 0 Å². The second kappa shape index (κ2) is 8.62. The van der Waals surface area contributed by atoms with Crippen LogP contribution in [0.3, 0.4) is 0 Å². The summed E-state index contributed by atoms with van der Waals surface area (Å²) in [7, 11) is 0. The molecule has 0 aliphatic rings. The van der Waals surface area contributed by atoms with E-state index in [4.69, 9.17) is 0 Å². The van der Waals surface area contributed by atoms with E-state index in [1.165, 1.54) is 23.9 Å². The first-order valence-corrected chi connectivity index (χ1v) is 10.2. The van der Waals surface area contributed by atoms with Crippen molar-refractivity contribution < 1.29 is 13.6 Å². The SMILES string of the molecule is CCn1c(SCC(=O)NC(C)c2ccc(F)cc2F)nnc1-c1cccs1. The normalized spacial score (nSPS) is 12.1. The van der Waals surface area contributed by atoms with Crippen LogP contribution in [0, 0.1) is 11.6 Å². The molecule has 1 amide bonds. The molecule has 2 heterocycles. The molecule has 5 nitrogen and oxygen atoms in total. The van der Waals surface area contributed by atoms with Gasteiger partial charge < -0.3 is 9.88 Å². The van der Waals surface area contributed by atoms with Crippen molar-refractivity contribution in [3.05, 3.63) is 52.9 Å². The quantitative estimate of drug-likeness (QED) is 0.593. The average molecular weight is 408 g/mol. The summed E-state index contributed by atoms with van der Waals surface area (Å²) in [5, 5.41) is 13.7. The molecule has 0 radical (unpaired) electrons. The summed E-state index contributed by atoms with van der Waals surface area (Å²) < 4.78 is 28.8. The van der Waals surface area contributed by atoms with E-state index in [1.807, 2.05) is 29.0 Å². The van der Waals surface area contributed by atoms with Crippen LogP contribution in [0.5, 0.6) is 0 Å². The maximum Gasteiger partial charge on any atom is 0.230 e. The van der Waals surface area contributed by atoms with E-state index in [0.29, 0.717) is 11.7 Å². The predicted molar refractivity (Wildman–Crippen MR) is 103 cm³/mol. The van der Waals surface area contributed by atoms with Crippen LogP contribution in [0.4, 0.5) is 8.78 Å². The molecule has 1 atom stereocenters. The fraction of sp³-hybridized carbons (Fsp3) is 0.278. The van der Waals surface area contributed by atoms with Crippen molar-refractivity contribution >= 4 is 29.0 Å². The molecule has 0 aliphatic carbocycles. The second-order valence-electron chi connectivity index (χ2n) is 5.77. The van der Waals surface area contributed by atoms with Gasteiger partial charge in [0, 0.05) is 18.2 Å². The molecule has 3 aromatic rings. The molecule has 3 rings (SSSR count). The van der Waals surface area contributed by atoms with Gasteiger partial charge in [-0.3, -0.25) is 4.79 Å². The molecule has 0 saturated heterocycles. The van der Waals surface area contributed by atoms with Crippen molar-refractivity contribution in [1.29, 1.82) is 0 Å².